The Morgan fingerprint density at radius 1 is 0.912 bits per heavy atom. The van der Waals surface area contributed by atoms with E-state index in [2.05, 4.69) is 10.6 Å². The molecule has 34 heavy (non-hydrogen) atoms. The Labute approximate surface area is 194 Å². The van der Waals surface area contributed by atoms with Gasteiger partial charge >= 0.3 is 12.4 Å². The van der Waals surface area contributed by atoms with Crippen molar-refractivity contribution >= 4 is 5.91 Å². The molecule has 190 valence electrons. The SMILES string of the molecule is O=C(NCc1cc(C(F)(F)F)cc(C(F)(F)F)c1)C1CCC(NC2CCOC3CCCCC23)C1. The molecule has 2 N–H and O–H groups in total. The number of amides is 1. The van der Waals surface area contributed by atoms with Crippen LogP contribution in [0.3, 0.4) is 0 Å². The predicted molar refractivity (Wildman–Crippen MR) is 113 cm³/mol. The standard InChI is InChI=1S/C24H30F6N2O2/c25-23(26,27)16-9-14(10-17(12-16)24(28,29)30)13-31-22(33)15-5-6-18(11-15)32-20-7-8-34-21-4-2-1-3-19(20)21/h9-10,12,15,18-21,32H,1-8,11,13H2,(H,31,33). The lowest BCUT2D eigenvalue weighted by molar-refractivity contribution is -0.143. The molecular weight excluding hydrogens is 462 g/mol. The average Bonchev–Trinajstić information content (AvgIpc) is 3.25. The number of carbonyl (C=O) groups excluding carboxylic acids is 1. The largest absolute Gasteiger partial charge is 0.416 e. The van der Waals surface area contributed by atoms with Crippen molar-refractivity contribution in [3.63, 3.8) is 0 Å². The molecule has 1 amide bonds. The summed E-state index contributed by atoms with van der Waals surface area (Å²) in [7, 11) is 0. The molecule has 2 saturated carbocycles. The molecule has 1 heterocycles. The Bertz CT molecular complexity index is 838. The van der Waals surface area contributed by atoms with Crippen molar-refractivity contribution in [1.82, 2.24) is 10.6 Å². The van der Waals surface area contributed by atoms with E-state index in [1.54, 1.807) is 0 Å². The van der Waals surface area contributed by atoms with Gasteiger partial charge < -0.3 is 15.4 Å². The molecule has 3 fully saturated rings. The summed E-state index contributed by atoms with van der Waals surface area (Å²) < 4.78 is 84.2. The van der Waals surface area contributed by atoms with Crippen LogP contribution in [0.1, 0.15) is 68.1 Å². The monoisotopic (exact) mass is 492 g/mol. The number of alkyl halides is 6. The van der Waals surface area contributed by atoms with Crippen LogP contribution in [0.15, 0.2) is 18.2 Å². The lowest BCUT2D eigenvalue weighted by Crippen LogP contribution is -2.51. The van der Waals surface area contributed by atoms with Crippen molar-refractivity contribution in [1.29, 1.82) is 0 Å². The van der Waals surface area contributed by atoms with Crippen molar-refractivity contribution in [2.75, 3.05) is 6.61 Å². The van der Waals surface area contributed by atoms with Gasteiger partial charge in [0, 0.05) is 37.1 Å². The number of hydrogen-bond donors (Lipinski definition) is 2. The minimum absolute atomic E-state index is 0.0890. The Hall–Kier alpha value is -1.81. The van der Waals surface area contributed by atoms with Crippen molar-refractivity contribution in [3.05, 3.63) is 34.9 Å². The zero-order chi connectivity index (χ0) is 24.5. The van der Waals surface area contributed by atoms with Gasteiger partial charge in [-0.3, -0.25) is 4.79 Å². The number of nitrogens with one attached hydrogen (secondary N) is 2. The van der Waals surface area contributed by atoms with Crippen LogP contribution >= 0.6 is 0 Å². The summed E-state index contributed by atoms with van der Waals surface area (Å²) in [5.74, 6) is -0.163. The molecule has 0 spiro atoms. The second-order valence-electron chi connectivity index (χ2n) is 9.76. The lowest BCUT2D eigenvalue weighted by Gasteiger charge is -2.42. The van der Waals surface area contributed by atoms with Crippen LogP contribution in [-0.2, 0) is 28.4 Å². The Morgan fingerprint density at radius 2 is 1.59 bits per heavy atom. The fourth-order valence-electron chi connectivity index (χ4n) is 5.69. The maximum atomic E-state index is 13.1. The highest BCUT2D eigenvalue weighted by molar-refractivity contribution is 5.79. The number of carbonyl (C=O) groups is 1. The third-order valence-corrected chi connectivity index (χ3v) is 7.40. The fraction of sp³-hybridized carbons (Fsp3) is 0.708. The molecule has 1 aliphatic heterocycles. The topological polar surface area (TPSA) is 50.4 Å². The molecule has 1 aromatic rings. The van der Waals surface area contributed by atoms with Gasteiger partial charge in [0.1, 0.15) is 0 Å². The number of hydrogen-bond acceptors (Lipinski definition) is 3. The molecule has 1 aromatic carbocycles. The molecular formula is C24H30F6N2O2. The van der Waals surface area contributed by atoms with E-state index in [1.165, 1.54) is 12.8 Å². The van der Waals surface area contributed by atoms with E-state index in [4.69, 9.17) is 4.74 Å². The van der Waals surface area contributed by atoms with Gasteiger partial charge in [0.05, 0.1) is 17.2 Å². The van der Waals surface area contributed by atoms with Gasteiger partial charge in [-0.2, -0.15) is 26.3 Å². The van der Waals surface area contributed by atoms with Crippen LogP contribution in [0.5, 0.6) is 0 Å². The highest BCUT2D eigenvalue weighted by Gasteiger charge is 2.39. The first-order valence-electron chi connectivity index (χ1n) is 11.9. The van der Waals surface area contributed by atoms with Crippen LogP contribution in [0.4, 0.5) is 26.3 Å². The van der Waals surface area contributed by atoms with E-state index < -0.39 is 23.5 Å². The molecule has 1 saturated heterocycles. The molecule has 0 radical (unpaired) electrons. The van der Waals surface area contributed by atoms with Gasteiger partial charge in [-0.1, -0.05) is 12.8 Å². The van der Waals surface area contributed by atoms with E-state index in [9.17, 15) is 31.1 Å². The van der Waals surface area contributed by atoms with Crippen LogP contribution in [0, 0.1) is 11.8 Å². The molecule has 0 bridgehead atoms. The summed E-state index contributed by atoms with van der Waals surface area (Å²) in [6.07, 6.45) is -1.92. The van der Waals surface area contributed by atoms with E-state index in [1.807, 2.05) is 0 Å². The van der Waals surface area contributed by atoms with Gasteiger partial charge in [-0.25, -0.2) is 0 Å². The molecule has 5 unspecified atom stereocenters. The zero-order valence-electron chi connectivity index (χ0n) is 18.8. The predicted octanol–water partition coefficient (Wildman–Crippen LogP) is 5.45. The van der Waals surface area contributed by atoms with E-state index >= 15 is 0 Å². The van der Waals surface area contributed by atoms with Gasteiger partial charge in [-0.15, -0.1) is 0 Å². The third-order valence-electron chi connectivity index (χ3n) is 7.40. The Balaban J connectivity index is 1.32. The Kier molecular flexibility index (Phi) is 7.47. The van der Waals surface area contributed by atoms with Crippen molar-refractivity contribution in [2.45, 2.75) is 88.5 Å². The number of benzene rings is 1. The van der Waals surface area contributed by atoms with Crippen LogP contribution in [0.25, 0.3) is 0 Å². The molecule has 10 heteroatoms. The first-order valence-corrected chi connectivity index (χ1v) is 11.9. The summed E-state index contributed by atoms with van der Waals surface area (Å²) in [6, 6.07) is 1.93. The number of ether oxygens (including phenoxy) is 1. The number of fused-ring (bicyclic) bond motifs is 1. The molecule has 0 aromatic heterocycles. The zero-order valence-corrected chi connectivity index (χ0v) is 18.8. The van der Waals surface area contributed by atoms with E-state index in [-0.39, 0.29) is 36.0 Å². The van der Waals surface area contributed by atoms with E-state index in [0.29, 0.717) is 43.0 Å². The van der Waals surface area contributed by atoms with Crippen LogP contribution < -0.4 is 10.6 Å². The third kappa shape index (κ3) is 6.05. The van der Waals surface area contributed by atoms with Gasteiger partial charge in [0.25, 0.3) is 0 Å². The summed E-state index contributed by atoms with van der Waals surface area (Å²) >= 11 is 0. The highest BCUT2D eigenvalue weighted by Crippen LogP contribution is 2.37. The van der Waals surface area contributed by atoms with Crippen molar-refractivity contribution in [3.8, 4) is 0 Å². The van der Waals surface area contributed by atoms with Gasteiger partial charge in [-0.05, 0) is 62.3 Å². The van der Waals surface area contributed by atoms with Crippen molar-refractivity contribution in [2.24, 2.45) is 11.8 Å². The number of rotatable bonds is 5. The summed E-state index contributed by atoms with van der Waals surface area (Å²) in [5.41, 5.74) is -2.99. The Morgan fingerprint density at radius 3 is 2.26 bits per heavy atom. The lowest BCUT2D eigenvalue weighted by atomic mass is 9.78. The second-order valence-corrected chi connectivity index (χ2v) is 9.76. The normalized spacial score (nSPS) is 30.1. The molecule has 4 rings (SSSR count). The van der Waals surface area contributed by atoms with Gasteiger partial charge in [0.15, 0.2) is 0 Å². The minimum Gasteiger partial charge on any atom is -0.378 e. The quantitative estimate of drug-likeness (QED) is 0.538. The minimum atomic E-state index is -4.91. The smallest absolute Gasteiger partial charge is 0.378 e. The summed E-state index contributed by atoms with van der Waals surface area (Å²) in [5, 5.41) is 6.26. The molecule has 3 aliphatic rings. The van der Waals surface area contributed by atoms with Crippen LogP contribution in [0.2, 0.25) is 0 Å². The first kappa shape index (κ1) is 25.3. The van der Waals surface area contributed by atoms with Crippen LogP contribution in [-0.4, -0.2) is 30.7 Å². The highest BCUT2D eigenvalue weighted by atomic mass is 19.4. The fourth-order valence-corrected chi connectivity index (χ4v) is 5.69. The summed E-state index contributed by atoms with van der Waals surface area (Å²) in [4.78, 5) is 12.6. The van der Waals surface area contributed by atoms with Gasteiger partial charge in [0.2, 0.25) is 5.91 Å². The molecule has 2 aliphatic carbocycles. The van der Waals surface area contributed by atoms with Crippen molar-refractivity contribution < 1.29 is 35.9 Å². The molecule has 5 atom stereocenters. The average molecular weight is 493 g/mol. The number of halogens is 6. The maximum absolute atomic E-state index is 13.1. The summed E-state index contributed by atoms with van der Waals surface area (Å²) in [6.45, 7) is 0.344. The maximum Gasteiger partial charge on any atom is 0.416 e. The second kappa shape index (κ2) is 10.0. The van der Waals surface area contributed by atoms with E-state index in [0.717, 1.165) is 32.3 Å². The molecule has 4 nitrogen and oxygen atoms in total. The first-order chi connectivity index (χ1) is 16.0.